The molecule has 20 heavy (non-hydrogen) atoms. The number of aliphatic carboxylic acids is 1. The minimum absolute atomic E-state index is 0.0733. The number of hydrogen-bond acceptors (Lipinski definition) is 5. The van der Waals surface area contributed by atoms with Crippen molar-refractivity contribution in [2.45, 2.75) is 32.4 Å². The van der Waals surface area contributed by atoms with Gasteiger partial charge in [0, 0.05) is 6.54 Å². The van der Waals surface area contributed by atoms with Gasteiger partial charge in [-0.3, -0.25) is 4.79 Å². The van der Waals surface area contributed by atoms with Gasteiger partial charge in [0.25, 0.3) is 0 Å². The molecule has 1 aliphatic heterocycles. The Morgan fingerprint density at radius 1 is 1.50 bits per heavy atom. The van der Waals surface area contributed by atoms with Crippen molar-refractivity contribution >= 4 is 21.9 Å². The summed E-state index contributed by atoms with van der Waals surface area (Å²) in [5, 5.41) is 9.04. The Morgan fingerprint density at radius 3 is 2.70 bits per heavy atom. The minimum atomic E-state index is -3.53. The molecule has 1 fully saturated rings. The van der Waals surface area contributed by atoms with Gasteiger partial charge in [-0.2, -0.15) is 0 Å². The smallest absolute Gasteiger partial charge is 0.328 e. The Balaban J connectivity index is 2.74. The van der Waals surface area contributed by atoms with Crippen LogP contribution in [0.4, 0.5) is 0 Å². The summed E-state index contributed by atoms with van der Waals surface area (Å²) >= 11 is 0. The lowest BCUT2D eigenvalue weighted by Crippen LogP contribution is -2.57. The molecule has 2 atom stereocenters. The number of morpholine rings is 1. The highest BCUT2D eigenvalue weighted by atomic mass is 32.2. The van der Waals surface area contributed by atoms with Gasteiger partial charge < -0.3 is 14.7 Å². The Morgan fingerprint density at radius 2 is 2.15 bits per heavy atom. The Bertz CT molecular complexity index is 464. The van der Waals surface area contributed by atoms with Gasteiger partial charge in [0.15, 0.2) is 6.04 Å². The maximum Gasteiger partial charge on any atom is 0.328 e. The summed E-state index contributed by atoms with van der Waals surface area (Å²) in [6, 6.07) is -2.07. The molecule has 1 saturated heterocycles. The molecule has 8 nitrogen and oxygen atoms in total. The predicted molar refractivity (Wildman–Crippen MR) is 70.6 cm³/mol. The molecular weight excluding hydrogens is 288 g/mol. The summed E-state index contributed by atoms with van der Waals surface area (Å²) in [7, 11) is -3.53. The van der Waals surface area contributed by atoms with Crippen LogP contribution in [0.15, 0.2) is 0 Å². The van der Waals surface area contributed by atoms with Crippen molar-refractivity contribution in [3.63, 3.8) is 0 Å². The van der Waals surface area contributed by atoms with Gasteiger partial charge in [-0.1, -0.05) is 6.92 Å². The first-order chi connectivity index (χ1) is 9.28. The zero-order valence-corrected chi connectivity index (χ0v) is 12.4. The predicted octanol–water partition coefficient (Wildman–Crippen LogP) is -0.984. The van der Waals surface area contributed by atoms with Crippen molar-refractivity contribution in [2.24, 2.45) is 0 Å². The van der Waals surface area contributed by atoms with Crippen LogP contribution in [-0.2, 0) is 24.3 Å². The number of nitrogens with zero attached hydrogens (tertiary/aromatic N) is 1. The van der Waals surface area contributed by atoms with Crippen LogP contribution in [0.2, 0.25) is 0 Å². The third-order valence-corrected chi connectivity index (χ3v) is 4.55. The molecular formula is C11H20N2O6S. The summed E-state index contributed by atoms with van der Waals surface area (Å²) in [6.45, 7) is 3.41. The highest BCUT2D eigenvalue weighted by molar-refractivity contribution is 7.89. The van der Waals surface area contributed by atoms with Crippen molar-refractivity contribution in [2.75, 3.05) is 25.5 Å². The zero-order chi connectivity index (χ0) is 15.3. The molecule has 0 aliphatic carbocycles. The third-order valence-electron chi connectivity index (χ3n) is 2.90. The summed E-state index contributed by atoms with van der Waals surface area (Å²) in [4.78, 5) is 24.4. The number of hydrogen-bond donors (Lipinski definition) is 2. The lowest BCUT2D eigenvalue weighted by atomic mass is 10.2. The highest BCUT2D eigenvalue weighted by Crippen LogP contribution is 2.10. The molecule has 0 bridgehead atoms. The van der Waals surface area contributed by atoms with E-state index in [1.807, 2.05) is 0 Å². The van der Waals surface area contributed by atoms with Crippen LogP contribution in [0.1, 0.15) is 20.3 Å². The Kier molecular flexibility index (Phi) is 5.90. The van der Waals surface area contributed by atoms with Crippen LogP contribution in [0, 0.1) is 0 Å². The van der Waals surface area contributed by atoms with E-state index in [-0.39, 0.29) is 25.5 Å². The average molecular weight is 308 g/mol. The lowest BCUT2D eigenvalue weighted by molar-refractivity contribution is -0.158. The molecule has 0 aromatic rings. The summed E-state index contributed by atoms with van der Waals surface area (Å²) in [5.74, 6) is -1.79. The average Bonchev–Trinajstić information content (AvgIpc) is 2.37. The van der Waals surface area contributed by atoms with Crippen LogP contribution >= 0.6 is 0 Å². The number of amides is 1. The monoisotopic (exact) mass is 308 g/mol. The molecule has 1 rings (SSSR count). The second-order valence-electron chi connectivity index (χ2n) is 4.62. The Labute approximate surface area is 118 Å². The molecule has 2 unspecified atom stereocenters. The van der Waals surface area contributed by atoms with Crippen LogP contribution in [0.25, 0.3) is 0 Å². The summed E-state index contributed by atoms with van der Waals surface area (Å²) in [5.41, 5.74) is 0. The lowest BCUT2D eigenvalue weighted by Gasteiger charge is -2.34. The first kappa shape index (κ1) is 16.9. The van der Waals surface area contributed by atoms with Crippen LogP contribution in [-0.4, -0.2) is 67.9 Å². The van der Waals surface area contributed by atoms with E-state index in [0.29, 0.717) is 6.42 Å². The number of sulfonamides is 1. The number of nitrogens with one attached hydrogen (secondary N) is 1. The van der Waals surface area contributed by atoms with E-state index in [1.165, 1.54) is 6.92 Å². The quantitative estimate of drug-likeness (QED) is 0.652. The molecule has 1 heterocycles. The molecule has 0 spiro atoms. The van der Waals surface area contributed by atoms with Crippen molar-refractivity contribution in [3.05, 3.63) is 0 Å². The Hall–Kier alpha value is -1.19. The molecule has 0 aromatic heterocycles. The maximum absolute atomic E-state index is 12.2. The maximum atomic E-state index is 12.2. The topological polar surface area (TPSA) is 113 Å². The van der Waals surface area contributed by atoms with Gasteiger partial charge in [-0.05, 0) is 13.3 Å². The number of carboxylic acid groups (broad SMARTS) is 1. The second kappa shape index (κ2) is 7.00. The van der Waals surface area contributed by atoms with E-state index in [4.69, 9.17) is 9.84 Å². The van der Waals surface area contributed by atoms with Crippen molar-refractivity contribution in [3.8, 4) is 0 Å². The molecule has 116 valence electrons. The molecule has 0 radical (unpaired) electrons. The second-order valence-corrected chi connectivity index (χ2v) is 6.49. The number of carboxylic acids is 1. The fraction of sp³-hybridized carbons (Fsp3) is 0.818. The van der Waals surface area contributed by atoms with Crippen LogP contribution < -0.4 is 4.72 Å². The zero-order valence-electron chi connectivity index (χ0n) is 11.5. The molecule has 2 N–H and O–H groups in total. The first-order valence-corrected chi connectivity index (χ1v) is 8.04. The number of carbonyl (C=O) groups is 2. The SMILES string of the molecule is CCCS(=O)(=O)NC(C)C(=O)N1CCOCC1C(=O)O. The van der Waals surface area contributed by atoms with Crippen molar-refractivity contribution in [1.29, 1.82) is 0 Å². The van der Waals surface area contributed by atoms with Crippen molar-refractivity contribution < 1.29 is 27.9 Å². The normalized spacial score (nSPS) is 21.5. The van der Waals surface area contributed by atoms with E-state index in [0.717, 1.165) is 4.90 Å². The molecule has 9 heteroatoms. The minimum Gasteiger partial charge on any atom is -0.480 e. The fourth-order valence-corrected chi connectivity index (χ4v) is 3.26. The number of ether oxygens (including phenoxy) is 1. The van der Waals surface area contributed by atoms with Gasteiger partial charge in [0.2, 0.25) is 15.9 Å². The summed E-state index contributed by atoms with van der Waals surface area (Å²) in [6.07, 6.45) is 0.436. The van der Waals surface area contributed by atoms with E-state index in [9.17, 15) is 18.0 Å². The highest BCUT2D eigenvalue weighted by Gasteiger charge is 2.35. The van der Waals surface area contributed by atoms with E-state index >= 15 is 0 Å². The van der Waals surface area contributed by atoms with E-state index < -0.39 is 34.0 Å². The largest absolute Gasteiger partial charge is 0.480 e. The van der Waals surface area contributed by atoms with E-state index in [2.05, 4.69) is 4.72 Å². The molecule has 1 aliphatic rings. The molecule has 1 amide bonds. The fourth-order valence-electron chi connectivity index (χ4n) is 1.97. The first-order valence-electron chi connectivity index (χ1n) is 6.39. The van der Waals surface area contributed by atoms with Gasteiger partial charge in [-0.25, -0.2) is 17.9 Å². The van der Waals surface area contributed by atoms with Crippen LogP contribution in [0.3, 0.4) is 0 Å². The summed E-state index contributed by atoms with van der Waals surface area (Å²) < 4.78 is 30.5. The molecule has 0 aromatic carbocycles. The van der Waals surface area contributed by atoms with Gasteiger partial charge in [0.05, 0.1) is 25.0 Å². The van der Waals surface area contributed by atoms with Crippen LogP contribution in [0.5, 0.6) is 0 Å². The van der Waals surface area contributed by atoms with Gasteiger partial charge >= 0.3 is 5.97 Å². The van der Waals surface area contributed by atoms with Gasteiger partial charge in [-0.15, -0.1) is 0 Å². The number of rotatable bonds is 6. The third kappa shape index (κ3) is 4.43. The van der Waals surface area contributed by atoms with Crippen molar-refractivity contribution in [1.82, 2.24) is 9.62 Å². The van der Waals surface area contributed by atoms with E-state index in [1.54, 1.807) is 6.92 Å². The van der Waals surface area contributed by atoms with Gasteiger partial charge in [0.1, 0.15) is 0 Å². The number of carbonyl (C=O) groups excluding carboxylic acids is 1. The standard InChI is InChI=1S/C11H20N2O6S/c1-3-6-20(17,18)12-8(2)10(14)13-4-5-19-7-9(13)11(15)16/h8-9,12H,3-7H2,1-2H3,(H,15,16). The molecule has 0 saturated carbocycles.